The van der Waals surface area contributed by atoms with Crippen LogP contribution < -0.4 is 10.9 Å². The Morgan fingerprint density at radius 2 is 2.32 bits per heavy atom. The summed E-state index contributed by atoms with van der Waals surface area (Å²) in [7, 11) is 1.41. The maximum Gasteiger partial charge on any atom is 0.314 e. The second-order valence-electron chi connectivity index (χ2n) is 5.18. The zero-order valence-corrected chi connectivity index (χ0v) is 11.5. The first-order valence-corrected chi connectivity index (χ1v) is 6.15. The molecule has 5 nitrogen and oxygen atoms in total. The van der Waals surface area contributed by atoms with Gasteiger partial charge in [0.1, 0.15) is 0 Å². The maximum atomic E-state index is 12.0. The van der Waals surface area contributed by atoms with Crippen molar-refractivity contribution in [3.8, 4) is 0 Å². The molecule has 2 aliphatic rings. The predicted molar refractivity (Wildman–Crippen MR) is 72.6 cm³/mol. The zero-order valence-electron chi connectivity index (χ0n) is 10.7. The van der Waals surface area contributed by atoms with Gasteiger partial charge in [0.25, 0.3) is 5.56 Å². The molecular weight excluding hydrogens is 268 g/mol. The molecule has 2 bridgehead atoms. The van der Waals surface area contributed by atoms with E-state index in [1.807, 2.05) is 6.07 Å². The van der Waals surface area contributed by atoms with Crippen LogP contribution in [0.15, 0.2) is 23.0 Å². The molecule has 3 heterocycles. The highest BCUT2D eigenvalue weighted by atomic mass is 35.5. The van der Waals surface area contributed by atoms with E-state index < -0.39 is 5.41 Å². The minimum atomic E-state index is -0.587. The van der Waals surface area contributed by atoms with E-state index in [0.717, 1.165) is 18.7 Å². The van der Waals surface area contributed by atoms with Gasteiger partial charge < -0.3 is 14.6 Å². The third kappa shape index (κ3) is 2.07. The number of carbonyl (C=O) groups excluding carboxylic acids is 1. The van der Waals surface area contributed by atoms with Gasteiger partial charge in [-0.15, -0.1) is 12.4 Å². The smallest absolute Gasteiger partial charge is 0.314 e. The average molecular weight is 285 g/mol. The summed E-state index contributed by atoms with van der Waals surface area (Å²) in [4.78, 5) is 24.0. The Hall–Kier alpha value is -1.33. The van der Waals surface area contributed by atoms with Crippen LogP contribution in [0.3, 0.4) is 0 Å². The molecule has 1 aromatic rings. The molecule has 19 heavy (non-hydrogen) atoms. The molecule has 1 fully saturated rings. The first kappa shape index (κ1) is 14.1. The average Bonchev–Trinajstić information content (AvgIpc) is 2.39. The van der Waals surface area contributed by atoms with Crippen LogP contribution in [0.4, 0.5) is 0 Å². The molecule has 0 aliphatic carbocycles. The topological polar surface area (TPSA) is 60.3 Å². The predicted octanol–water partition coefficient (Wildman–Crippen LogP) is 0.520. The van der Waals surface area contributed by atoms with E-state index in [-0.39, 0.29) is 29.9 Å². The summed E-state index contributed by atoms with van der Waals surface area (Å²) in [5.74, 6) is -0.0124. The van der Waals surface area contributed by atoms with Crippen molar-refractivity contribution in [1.82, 2.24) is 9.88 Å². The molecule has 3 rings (SSSR count). The van der Waals surface area contributed by atoms with E-state index >= 15 is 0 Å². The molecule has 1 aromatic heterocycles. The fraction of sp³-hybridized carbons (Fsp3) is 0.538. The number of esters is 1. The summed E-state index contributed by atoms with van der Waals surface area (Å²) in [6.45, 7) is 1.80. The molecule has 2 atom stereocenters. The molecular formula is C13H17ClN2O3. The molecule has 0 unspecified atom stereocenters. The Morgan fingerprint density at radius 1 is 1.53 bits per heavy atom. The minimum absolute atomic E-state index is 0. The van der Waals surface area contributed by atoms with E-state index in [1.165, 1.54) is 7.11 Å². The lowest BCUT2D eigenvalue weighted by molar-refractivity contribution is -0.156. The standard InChI is InChI=1S/C13H16N2O3.ClH/c1-18-12(17)13-5-9(6-14-7-13)10-3-2-4-11(16)15(10)8-13;/h2-4,9,14H,5-8H2,1H3;1H/t9-,13-;/m1./s1. The second kappa shape index (κ2) is 4.98. The van der Waals surface area contributed by atoms with Crippen molar-refractivity contribution in [2.45, 2.75) is 18.9 Å². The lowest BCUT2D eigenvalue weighted by atomic mass is 9.72. The lowest BCUT2D eigenvalue weighted by Gasteiger charge is -2.44. The highest BCUT2D eigenvalue weighted by Crippen LogP contribution is 2.41. The monoisotopic (exact) mass is 284 g/mol. The molecule has 6 heteroatoms. The van der Waals surface area contributed by atoms with Crippen LogP contribution in [-0.2, 0) is 16.1 Å². The molecule has 1 N–H and O–H groups in total. The number of hydrogen-bond acceptors (Lipinski definition) is 4. The van der Waals surface area contributed by atoms with Gasteiger partial charge in [-0.1, -0.05) is 6.07 Å². The molecule has 0 radical (unpaired) electrons. The largest absolute Gasteiger partial charge is 0.469 e. The highest BCUT2D eigenvalue weighted by Gasteiger charge is 2.48. The molecule has 1 saturated heterocycles. The zero-order chi connectivity index (χ0) is 12.8. The first-order valence-electron chi connectivity index (χ1n) is 6.15. The van der Waals surface area contributed by atoms with Crippen LogP contribution in [0.2, 0.25) is 0 Å². The van der Waals surface area contributed by atoms with E-state index in [4.69, 9.17) is 4.74 Å². The number of rotatable bonds is 1. The third-order valence-corrected chi connectivity index (χ3v) is 4.07. The summed E-state index contributed by atoms with van der Waals surface area (Å²) < 4.78 is 6.65. The molecule has 0 spiro atoms. The molecule has 104 valence electrons. The van der Waals surface area contributed by atoms with Crippen molar-refractivity contribution in [2.24, 2.45) is 5.41 Å². The second-order valence-corrected chi connectivity index (χ2v) is 5.18. The summed E-state index contributed by atoms with van der Waals surface area (Å²) in [6.07, 6.45) is 0.760. The minimum Gasteiger partial charge on any atom is -0.469 e. The Bertz CT molecular complexity index is 557. The van der Waals surface area contributed by atoms with Crippen LogP contribution in [0.1, 0.15) is 18.0 Å². The quantitative estimate of drug-likeness (QED) is 0.764. The number of halogens is 1. The first-order chi connectivity index (χ1) is 8.66. The summed E-state index contributed by atoms with van der Waals surface area (Å²) in [6, 6.07) is 5.30. The number of ether oxygens (including phenoxy) is 1. The van der Waals surface area contributed by atoms with Crippen molar-refractivity contribution < 1.29 is 9.53 Å². The van der Waals surface area contributed by atoms with Gasteiger partial charge in [0, 0.05) is 37.3 Å². The van der Waals surface area contributed by atoms with Gasteiger partial charge in [0.2, 0.25) is 0 Å². The number of pyridine rings is 1. The SMILES string of the molecule is COC(=O)[C@@]12CNC[C@@H](C1)c1cccc(=O)n1C2.Cl. The number of hydrogen-bond donors (Lipinski definition) is 1. The number of aromatic nitrogens is 1. The van der Waals surface area contributed by atoms with Gasteiger partial charge in [-0.05, 0) is 12.5 Å². The number of fused-ring (bicyclic) bond motifs is 4. The molecule has 0 saturated carbocycles. The van der Waals surface area contributed by atoms with Crippen LogP contribution >= 0.6 is 12.4 Å². The van der Waals surface area contributed by atoms with Gasteiger partial charge >= 0.3 is 5.97 Å². The van der Waals surface area contributed by atoms with E-state index in [1.54, 1.807) is 16.7 Å². The van der Waals surface area contributed by atoms with Crippen molar-refractivity contribution in [3.63, 3.8) is 0 Å². The summed E-state index contributed by atoms with van der Waals surface area (Å²) >= 11 is 0. The van der Waals surface area contributed by atoms with Gasteiger partial charge in [0.05, 0.1) is 12.5 Å². The Labute approximate surface area is 117 Å². The van der Waals surface area contributed by atoms with Crippen LogP contribution in [0.25, 0.3) is 0 Å². The molecule has 2 aliphatic heterocycles. The fourth-order valence-electron chi connectivity index (χ4n) is 3.23. The lowest BCUT2D eigenvalue weighted by Crippen LogP contribution is -2.56. The van der Waals surface area contributed by atoms with Gasteiger partial charge in [0.15, 0.2) is 0 Å². The Kier molecular flexibility index (Phi) is 3.69. The maximum absolute atomic E-state index is 12.0. The number of methoxy groups -OCH3 is 1. The van der Waals surface area contributed by atoms with E-state index in [9.17, 15) is 9.59 Å². The normalized spacial score (nSPS) is 27.9. The van der Waals surface area contributed by atoms with Crippen molar-refractivity contribution in [2.75, 3.05) is 20.2 Å². The Balaban J connectivity index is 0.00000133. The van der Waals surface area contributed by atoms with Crippen molar-refractivity contribution in [1.29, 1.82) is 0 Å². The van der Waals surface area contributed by atoms with E-state index in [2.05, 4.69) is 5.32 Å². The van der Waals surface area contributed by atoms with Crippen LogP contribution in [0, 0.1) is 5.41 Å². The Morgan fingerprint density at radius 3 is 3.05 bits per heavy atom. The molecule has 0 aromatic carbocycles. The summed E-state index contributed by atoms with van der Waals surface area (Å²) in [5.41, 5.74) is 0.400. The number of piperidine rings is 1. The van der Waals surface area contributed by atoms with Crippen LogP contribution in [-0.4, -0.2) is 30.7 Å². The van der Waals surface area contributed by atoms with Crippen LogP contribution in [0.5, 0.6) is 0 Å². The highest BCUT2D eigenvalue weighted by molar-refractivity contribution is 5.85. The van der Waals surface area contributed by atoms with Gasteiger partial charge in [-0.3, -0.25) is 9.59 Å². The third-order valence-electron chi connectivity index (χ3n) is 4.07. The van der Waals surface area contributed by atoms with Gasteiger partial charge in [-0.2, -0.15) is 0 Å². The number of carbonyl (C=O) groups is 1. The van der Waals surface area contributed by atoms with Crippen molar-refractivity contribution in [3.05, 3.63) is 34.2 Å². The van der Waals surface area contributed by atoms with Gasteiger partial charge in [-0.25, -0.2) is 0 Å². The van der Waals surface area contributed by atoms with E-state index in [0.29, 0.717) is 13.1 Å². The summed E-state index contributed by atoms with van der Waals surface area (Å²) in [5, 5.41) is 3.29. The number of nitrogens with zero attached hydrogens (tertiary/aromatic N) is 1. The number of nitrogens with one attached hydrogen (secondary N) is 1. The fourth-order valence-corrected chi connectivity index (χ4v) is 3.23. The van der Waals surface area contributed by atoms with Crippen molar-refractivity contribution >= 4 is 18.4 Å². The molecule has 0 amide bonds.